The van der Waals surface area contributed by atoms with Crippen LogP contribution in [-0.4, -0.2) is 12.5 Å². The number of ether oxygens (including phenoxy) is 2. The first-order chi connectivity index (χ1) is 9.79. The van der Waals surface area contributed by atoms with Crippen molar-refractivity contribution in [2.45, 2.75) is 13.2 Å². The van der Waals surface area contributed by atoms with Gasteiger partial charge in [0, 0.05) is 0 Å². The topological polar surface area (TPSA) is 47.6 Å². The zero-order chi connectivity index (χ0) is 13.9. The van der Waals surface area contributed by atoms with Gasteiger partial charge in [-0.2, -0.15) is 0 Å². The van der Waals surface area contributed by atoms with Gasteiger partial charge in [-0.3, -0.25) is 4.79 Å². The molecule has 1 atom stereocenters. The van der Waals surface area contributed by atoms with Gasteiger partial charge in [-0.15, -0.1) is 0 Å². The Bertz CT molecular complexity index is 639. The second kappa shape index (κ2) is 5.25. The minimum absolute atomic E-state index is 0.136. The van der Waals surface area contributed by atoms with Crippen LogP contribution in [0.4, 0.5) is 0 Å². The average molecular weight is 269 g/mol. The summed E-state index contributed by atoms with van der Waals surface area (Å²) < 4.78 is 11.4. The molecule has 1 aliphatic heterocycles. The quantitative estimate of drug-likeness (QED) is 0.932. The molecule has 2 aromatic rings. The third-order valence-corrected chi connectivity index (χ3v) is 3.14. The van der Waals surface area contributed by atoms with E-state index in [1.54, 1.807) is 12.1 Å². The Balaban J connectivity index is 1.96. The number of carbonyl (C=O) groups excluding carboxylic acids is 1. The van der Waals surface area contributed by atoms with E-state index in [1.807, 2.05) is 43.3 Å². The molecule has 1 aliphatic rings. The van der Waals surface area contributed by atoms with Crippen molar-refractivity contribution in [1.82, 2.24) is 5.32 Å². The Morgan fingerprint density at radius 3 is 2.75 bits per heavy atom. The molecule has 0 saturated heterocycles. The van der Waals surface area contributed by atoms with Gasteiger partial charge >= 0.3 is 0 Å². The van der Waals surface area contributed by atoms with Crippen LogP contribution in [0.25, 0.3) is 0 Å². The first-order valence-electron chi connectivity index (χ1n) is 6.58. The molecular formula is C16H15NO3. The fraction of sp³-hybridized carbons (Fsp3) is 0.188. The van der Waals surface area contributed by atoms with Crippen LogP contribution in [0.5, 0.6) is 11.5 Å². The summed E-state index contributed by atoms with van der Waals surface area (Å²) in [6.07, 6.45) is -0.528. The number of para-hydroxylation sites is 2. The Hall–Kier alpha value is -2.49. The van der Waals surface area contributed by atoms with Gasteiger partial charge in [0.2, 0.25) is 6.23 Å². The number of amides is 1. The standard InChI is InChI=1S/C16H15NO3/c1-2-19-13-9-5-4-8-12(13)16-17-15(18)11-7-3-6-10-14(11)20-16/h3-10,16H,2H2,1H3,(H,17,18)/t16-/m0/s1. The van der Waals surface area contributed by atoms with Gasteiger partial charge < -0.3 is 14.8 Å². The molecule has 1 amide bonds. The molecule has 2 aromatic carbocycles. The van der Waals surface area contributed by atoms with Gasteiger partial charge in [-0.1, -0.05) is 24.3 Å². The number of benzene rings is 2. The third kappa shape index (κ3) is 2.20. The molecule has 102 valence electrons. The van der Waals surface area contributed by atoms with Crippen LogP contribution in [0, 0.1) is 0 Å². The maximum Gasteiger partial charge on any atom is 0.258 e. The molecule has 4 heteroatoms. The van der Waals surface area contributed by atoms with Crippen LogP contribution in [0.3, 0.4) is 0 Å². The summed E-state index contributed by atoms with van der Waals surface area (Å²) in [4.78, 5) is 12.1. The van der Waals surface area contributed by atoms with Crippen molar-refractivity contribution in [3.63, 3.8) is 0 Å². The van der Waals surface area contributed by atoms with Gasteiger partial charge in [-0.25, -0.2) is 0 Å². The summed E-state index contributed by atoms with van der Waals surface area (Å²) in [7, 11) is 0. The highest BCUT2D eigenvalue weighted by atomic mass is 16.5. The molecule has 0 aromatic heterocycles. The zero-order valence-corrected chi connectivity index (χ0v) is 11.1. The first-order valence-corrected chi connectivity index (χ1v) is 6.58. The van der Waals surface area contributed by atoms with Crippen molar-refractivity contribution in [3.8, 4) is 11.5 Å². The largest absolute Gasteiger partial charge is 0.493 e. The van der Waals surface area contributed by atoms with Gasteiger partial charge in [0.15, 0.2) is 0 Å². The molecule has 1 N–H and O–H groups in total. The van der Waals surface area contributed by atoms with Gasteiger partial charge in [0.25, 0.3) is 5.91 Å². The number of hydrogen-bond acceptors (Lipinski definition) is 3. The number of rotatable bonds is 3. The summed E-state index contributed by atoms with van der Waals surface area (Å²) in [5, 5.41) is 2.85. The van der Waals surface area contributed by atoms with E-state index in [1.165, 1.54) is 0 Å². The van der Waals surface area contributed by atoms with E-state index in [9.17, 15) is 4.79 Å². The van der Waals surface area contributed by atoms with Crippen LogP contribution in [-0.2, 0) is 0 Å². The number of nitrogens with one attached hydrogen (secondary N) is 1. The minimum atomic E-state index is -0.528. The highest BCUT2D eigenvalue weighted by molar-refractivity contribution is 5.98. The summed E-state index contributed by atoms with van der Waals surface area (Å²) in [6.45, 7) is 2.49. The van der Waals surface area contributed by atoms with Crippen LogP contribution >= 0.6 is 0 Å². The van der Waals surface area contributed by atoms with Crippen LogP contribution in [0.2, 0.25) is 0 Å². The SMILES string of the molecule is CCOc1ccccc1[C@H]1NC(=O)c2ccccc2O1. The molecule has 0 fully saturated rings. The van der Waals surface area contributed by atoms with E-state index in [0.29, 0.717) is 17.9 Å². The average Bonchev–Trinajstić information content (AvgIpc) is 2.48. The predicted molar refractivity (Wildman–Crippen MR) is 74.9 cm³/mol. The summed E-state index contributed by atoms with van der Waals surface area (Å²) in [5.74, 6) is 1.18. The monoisotopic (exact) mass is 269 g/mol. The molecule has 0 saturated carbocycles. The van der Waals surface area contributed by atoms with E-state index in [0.717, 1.165) is 11.3 Å². The molecule has 20 heavy (non-hydrogen) atoms. The van der Waals surface area contributed by atoms with E-state index < -0.39 is 6.23 Å². The van der Waals surface area contributed by atoms with Crippen LogP contribution < -0.4 is 14.8 Å². The molecular weight excluding hydrogens is 254 g/mol. The smallest absolute Gasteiger partial charge is 0.258 e. The van der Waals surface area contributed by atoms with Crippen molar-refractivity contribution < 1.29 is 14.3 Å². The molecule has 0 bridgehead atoms. The predicted octanol–water partition coefficient (Wildman–Crippen LogP) is 2.91. The first kappa shape index (κ1) is 12.5. The molecule has 0 spiro atoms. The lowest BCUT2D eigenvalue weighted by Crippen LogP contribution is -2.36. The summed E-state index contributed by atoms with van der Waals surface area (Å²) in [5.41, 5.74) is 1.37. The van der Waals surface area contributed by atoms with Crippen molar-refractivity contribution in [2.75, 3.05) is 6.61 Å². The number of hydrogen-bond donors (Lipinski definition) is 1. The molecule has 0 aliphatic carbocycles. The van der Waals surface area contributed by atoms with E-state index in [4.69, 9.17) is 9.47 Å². The lowest BCUT2D eigenvalue weighted by Gasteiger charge is -2.28. The van der Waals surface area contributed by atoms with Gasteiger partial charge in [0.05, 0.1) is 17.7 Å². The Kier molecular flexibility index (Phi) is 3.29. The van der Waals surface area contributed by atoms with Crippen molar-refractivity contribution in [2.24, 2.45) is 0 Å². The second-order valence-corrected chi connectivity index (χ2v) is 4.44. The summed E-state index contributed by atoms with van der Waals surface area (Å²) >= 11 is 0. The lowest BCUT2D eigenvalue weighted by atomic mass is 10.1. The zero-order valence-electron chi connectivity index (χ0n) is 11.1. The number of carbonyl (C=O) groups is 1. The molecule has 3 rings (SSSR count). The summed E-state index contributed by atoms with van der Waals surface area (Å²) in [6, 6.07) is 14.8. The van der Waals surface area contributed by atoms with E-state index in [-0.39, 0.29) is 5.91 Å². The Morgan fingerprint density at radius 2 is 1.90 bits per heavy atom. The Morgan fingerprint density at radius 1 is 1.15 bits per heavy atom. The molecule has 4 nitrogen and oxygen atoms in total. The highest BCUT2D eigenvalue weighted by Gasteiger charge is 2.27. The normalized spacial score (nSPS) is 16.9. The molecule has 0 radical (unpaired) electrons. The minimum Gasteiger partial charge on any atom is -0.493 e. The fourth-order valence-corrected chi connectivity index (χ4v) is 2.24. The van der Waals surface area contributed by atoms with Crippen molar-refractivity contribution in [1.29, 1.82) is 0 Å². The van der Waals surface area contributed by atoms with Gasteiger partial charge in [-0.05, 0) is 31.2 Å². The fourth-order valence-electron chi connectivity index (χ4n) is 2.24. The highest BCUT2D eigenvalue weighted by Crippen LogP contribution is 2.32. The maximum absolute atomic E-state index is 12.1. The van der Waals surface area contributed by atoms with Crippen LogP contribution in [0.15, 0.2) is 48.5 Å². The van der Waals surface area contributed by atoms with Gasteiger partial charge in [0.1, 0.15) is 11.5 Å². The lowest BCUT2D eigenvalue weighted by molar-refractivity contribution is 0.0750. The molecule has 1 heterocycles. The third-order valence-electron chi connectivity index (χ3n) is 3.14. The Labute approximate surface area is 117 Å². The maximum atomic E-state index is 12.1. The van der Waals surface area contributed by atoms with E-state index in [2.05, 4.69) is 5.32 Å². The van der Waals surface area contributed by atoms with Crippen molar-refractivity contribution in [3.05, 3.63) is 59.7 Å². The van der Waals surface area contributed by atoms with E-state index >= 15 is 0 Å². The van der Waals surface area contributed by atoms with Crippen LogP contribution in [0.1, 0.15) is 29.1 Å². The number of fused-ring (bicyclic) bond motifs is 1. The second-order valence-electron chi connectivity index (χ2n) is 4.44. The molecule has 0 unspecified atom stereocenters. The van der Waals surface area contributed by atoms with Crippen molar-refractivity contribution >= 4 is 5.91 Å².